The fourth-order valence-corrected chi connectivity index (χ4v) is 3.58. The molecule has 6 heteroatoms. The van der Waals surface area contributed by atoms with E-state index in [0.717, 1.165) is 33.7 Å². The van der Waals surface area contributed by atoms with E-state index in [0.29, 0.717) is 5.92 Å². The normalized spacial score (nSPS) is 11.2. The number of rotatable bonds is 6. The molecule has 0 amide bonds. The largest absolute Gasteiger partial charge is 0.360 e. The molecule has 104 valence electrons. The van der Waals surface area contributed by atoms with Crippen molar-refractivity contribution in [1.82, 2.24) is 15.2 Å². The lowest BCUT2D eigenvalue weighted by Crippen LogP contribution is -1.99. The first-order chi connectivity index (χ1) is 9.11. The molecule has 0 saturated carbocycles. The minimum absolute atomic E-state index is 0.465. The van der Waals surface area contributed by atoms with Gasteiger partial charge in [-0.1, -0.05) is 38.5 Å². The monoisotopic (exact) mass is 296 g/mol. The molecule has 1 N–H and O–H groups in total. The lowest BCUT2D eigenvalue weighted by Gasteiger charge is -1.97. The predicted molar refractivity (Wildman–Crippen MR) is 83.2 cm³/mol. The highest BCUT2D eigenvalue weighted by atomic mass is 32.1. The molecule has 0 spiro atoms. The molecule has 4 nitrogen and oxygen atoms in total. The Morgan fingerprint density at radius 3 is 2.63 bits per heavy atom. The number of thiazole rings is 1. The Bertz CT molecular complexity index is 530. The fourth-order valence-electron chi connectivity index (χ4n) is 1.62. The highest BCUT2D eigenvalue weighted by Gasteiger charge is 2.15. The molecule has 0 aliphatic rings. The lowest BCUT2D eigenvalue weighted by molar-refractivity contribution is 0.831. The smallest absolute Gasteiger partial charge is 0.206 e. The SMILES string of the molecule is CCCCNc1nnc(-c2sc(C(C)C)nc2C)s1. The van der Waals surface area contributed by atoms with Gasteiger partial charge in [-0.3, -0.25) is 0 Å². The topological polar surface area (TPSA) is 50.7 Å². The van der Waals surface area contributed by atoms with Gasteiger partial charge in [-0.2, -0.15) is 0 Å². The van der Waals surface area contributed by atoms with Crippen molar-refractivity contribution in [3.63, 3.8) is 0 Å². The molecule has 0 fully saturated rings. The second kappa shape index (κ2) is 6.43. The first kappa shape index (κ1) is 14.4. The van der Waals surface area contributed by atoms with Crippen molar-refractivity contribution in [2.75, 3.05) is 11.9 Å². The minimum Gasteiger partial charge on any atom is -0.360 e. The quantitative estimate of drug-likeness (QED) is 0.807. The molecule has 0 radical (unpaired) electrons. The van der Waals surface area contributed by atoms with Crippen LogP contribution >= 0.6 is 22.7 Å². The van der Waals surface area contributed by atoms with Gasteiger partial charge in [0.25, 0.3) is 0 Å². The van der Waals surface area contributed by atoms with Gasteiger partial charge in [0.1, 0.15) is 0 Å². The van der Waals surface area contributed by atoms with Crippen LogP contribution in [0.5, 0.6) is 0 Å². The van der Waals surface area contributed by atoms with Crippen molar-refractivity contribution in [3.05, 3.63) is 10.7 Å². The molecule has 0 aliphatic carbocycles. The third-order valence-corrected chi connectivity index (χ3v) is 5.23. The van der Waals surface area contributed by atoms with Crippen molar-refractivity contribution >= 4 is 27.8 Å². The number of unbranched alkanes of at least 4 members (excludes halogenated alkanes) is 1. The molecule has 19 heavy (non-hydrogen) atoms. The maximum atomic E-state index is 4.61. The molecular weight excluding hydrogens is 276 g/mol. The Balaban J connectivity index is 2.13. The van der Waals surface area contributed by atoms with Gasteiger partial charge in [0.05, 0.1) is 15.6 Å². The molecule has 0 aliphatic heterocycles. The zero-order chi connectivity index (χ0) is 13.8. The highest BCUT2D eigenvalue weighted by Crippen LogP contribution is 2.35. The first-order valence-electron chi connectivity index (χ1n) is 6.66. The second-order valence-electron chi connectivity index (χ2n) is 4.81. The average molecular weight is 296 g/mol. The van der Waals surface area contributed by atoms with Gasteiger partial charge in [0.15, 0.2) is 5.01 Å². The van der Waals surface area contributed by atoms with Crippen LogP contribution in [-0.4, -0.2) is 21.7 Å². The van der Waals surface area contributed by atoms with Gasteiger partial charge >= 0.3 is 0 Å². The summed E-state index contributed by atoms with van der Waals surface area (Å²) < 4.78 is 0. The van der Waals surface area contributed by atoms with E-state index in [9.17, 15) is 0 Å². The summed E-state index contributed by atoms with van der Waals surface area (Å²) in [6, 6.07) is 0. The van der Waals surface area contributed by atoms with Crippen LogP contribution in [0.1, 0.15) is 50.2 Å². The number of aryl methyl sites for hydroxylation is 1. The summed E-state index contributed by atoms with van der Waals surface area (Å²) in [4.78, 5) is 5.77. The second-order valence-corrected chi connectivity index (χ2v) is 6.82. The van der Waals surface area contributed by atoms with Gasteiger partial charge in [0, 0.05) is 12.5 Å². The number of nitrogens with one attached hydrogen (secondary N) is 1. The number of hydrogen-bond acceptors (Lipinski definition) is 6. The molecule has 2 aromatic heterocycles. The van der Waals surface area contributed by atoms with Crippen LogP contribution < -0.4 is 5.32 Å². The van der Waals surface area contributed by atoms with Gasteiger partial charge < -0.3 is 5.32 Å². The summed E-state index contributed by atoms with van der Waals surface area (Å²) >= 11 is 3.34. The van der Waals surface area contributed by atoms with Crippen LogP contribution in [0.3, 0.4) is 0 Å². The third-order valence-electron chi connectivity index (χ3n) is 2.73. The molecule has 2 heterocycles. The van der Waals surface area contributed by atoms with Gasteiger partial charge in [0.2, 0.25) is 5.13 Å². The van der Waals surface area contributed by atoms with E-state index in [4.69, 9.17) is 0 Å². The molecule has 0 bridgehead atoms. The predicted octanol–water partition coefficient (Wildman–Crippen LogP) is 4.31. The van der Waals surface area contributed by atoms with E-state index in [1.54, 1.807) is 22.7 Å². The summed E-state index contributed by atoms with van der Waals surface area (Å²) in [5.74, 6) is 0.465. The average Bonchev–Trinajstić information content (AvgIpc) is 2.96. The highest BCUT2D eigenvalue weighted by molar-refractivity contribution is 7.23. The van der Waals surface area contributed by atoms with Crippen LogP contribution in [-0.2, 0) is 0 Å². The summed E-state index contributed by atoms with van der Waals surface area (Å²) in [6.45, 7) is 9.52. The number of aromatic nitrogens is 3. The van der Waals surface area contributed by atoms with Crippen LogP contribution in [0.4, 0.5) is 5.13 Å². The maximum Gasteiger partial charge on any atom is 0.206 e. The molecule has 0 unspecified atom stereocenters. The Morgan fingerprint density at radius 1 is 1.21 bits per heavy atom. The molecule has 0 saturated heterocycles. The number of anilines is 1. The van der Waals surface area contributed by atoms with E-state index in [1.165, 1.54) is 11.4 Å². The van der Waals surface area contributed by atoms with E-state index in [1.807, 2.05) is 6.92 Å². The first-order valence-corrected chi connectivity index (χ1v) is 8.30. The molecule has 0 atom stereocenters. The standard InChI is InChI=1S/C13H20N4S2/c1-5-6-7-14-13-17-16-12(19-13)10-9(4)15-11(18-10)8(2)3/h8H,5-7H2,1-4H3,(H,14,17). The Hall–Kier alpha value is -1.01. The fraction of sp³-hybridized carbons (Fsp3) is 0.615. The minimum atomic E-state index is 0.465. The molecular formula is C13H20N4S2. The van der Waals surface area contributed by atoms with Gasteiger partial charge in [-0.05, 0) is 13.3 Å². The molecule has 0 aromatic carbocycles. The van der Waals surface area contributed by atoms with E-state index in [-0.39, 0.29) is 0 Å². The van der Waals surface area contributed by atoms with Crippen LogP contribution in [0.15, 0.2) is 0 Å². The summed E-state index contributed by atoms with van der Waals surface area (Å²) in [6.07, 6.45) is 2.34. The summed E-state index contributed by atoms with van der Waals surface area (Å²) in [7, 11) is 0. The van der Waals surface area contributed by atoms with Crippen LogP contribution in [0.2, 0.25) is 0 Å². The third kappa shape index (κ3) is 3.51. The number of hydrogen-bond donors (Lipinski definition) is 1. The van der Waals surface area contributed by atoms with Crippen LogP contribution in [0, 0.1) is 6.92 Å². The van der Waals surface area contributed by atoms with Crippen molar-refractivity contribution in [1.29, 1.82) is 0 Å². The summed E-state index contributed by atoms with van der Waals surface area (Å²) in [5, 5.41) is 14.8. The van der Waals surface area contributed by atoms with Crippen molar-refractivity contribution in [3.8, 4) is 9.88 Å². The van der Waals surface area contributed by atoms with Crippen molar-refractivity contribution in [2.45, 2.75) is 46.5 Å². The van der Waals surface area contributed by atoms with Gasteiger partial charge in [-0.15, -0.1) is 21.5 Å². The van der Waals surface area contributed by atoms with E-state index in [2.05, 4.69) is 41.3 Å². The van der Waals surface area contributed by atoms with Crippen LogP contribution in [0.25, 0.3) is 9.88 Å². The van der Waals surface area contributed by atoms with E-state index < -0.39 is 0 Å². The van der Waals surface area contributed by atoms with E-state index >= 15 is 0 Å². The lowest BCUT2D eigenvalue weighted by atomic mass is 10.2. The molecule has 2 rings (SSSR count). The Kier molecular flexibility index (Phi) is 4.87. The van der Waals surface area contributed by atoms with Gasteiger partial charge in [-0.25, -0.2) is 4.98 Å². The maximum absolute atomic E-state index is 4.61. The Morgan fingerprint density at radius 2 is 2.00 bits per heavy atom. The van der Waals surface area contributed by atoms with Crippen molar-refractivity contribution in [2.24, 2.45) is 0 Å². The summed E-state index contributed by atoms with van der Waals surface area (Å²) in [5.41, 5.74) is 1.06. The van der Waals surface area contributed by atoms with Crippen molar-refractivity contribution < 1.29 is 0 Å². The zero-order valence-electron chi connectivity index (χ0n) is 11.9. The number of nitrogens with zero attached hydrogens (tertiary/aromatic N) is 3. The Labute approximate surface area is 122 Å². The molecule has 2 aromatic rings. The zero-order valence-corrected chi connectivity index (χ0v) is 13.5.